The molecule has 0 aliphatic carbocycles. The van der Waals surface area contributed by atoms with E-state index >= 15 is 0 Å². The molecule has 0 bridgehead atoms. The van der Waals surface area contributed by atoms with Crippen LogP contribution in [0.4, 0.5) is 0 Å². The molecule has 0 unspecified atom stereocenters. The van der Waals surface area contributed by atoms with Gasteiger partial charge in [-0.1, -0.05) is 41.4 Å². The van der Waals surface area contributed by atoms with Gasteiger partial charge in [-0.05, 0) is 37.3 Å². The Labute approximate surface area is 139 Å². The Kier molecular flexibility index (Phi) is 5.83. The highest BCUT2D eigenvalue weighted by molar-refractivity contribution is 6.33. The van der Waals surface area contributed by atoms with Crippen LogP contribution in [-0.4, -0.2) is 21.0 Å². The third-order valence-electron chi connectivity index (χ3n) is 2.98. The van der Waals surface area contributed by atoms with E-state index in [9.17, 15) is 4.79 Å². The minimum absolute atomic E-state index is 0.339. The molecule has 2 aromatic carbocycles. The van der Waals surface area contributed by atoms with Crippen molar-refractivity contribution in [2.75, 3.05) is 0 Å². The van der Waals surface area contributed by atoms with Gasteiger partial charge in [-0.2, -0.15) is 0 Å². The lowest BCUT2D eigenvalue weighted by atomic mass is 10.2. The number of rotatable bonds is 2. The molecule has 0 aliphatic heterocycles. The smallest absolute Gasteiger partial charge is 0.335 e. The Morgan fingerprint density at radius 2 is 1.57 bits per heavy atom. The van der Waals surface area contributed by atoms with Crippen molar-refractivity contribution in [3.05, 3.63) is 83.1 Å². The minimum Gasteiger partial charge on any atom is -0.478 e. The number of benzene rings is 2. The third-order valence-corrected chi connectivity index (χ3v) is 3.31. The zero-order valence-corrected chi connectivity index (χ0v) is 13.2. The molecule has 0 aliphatic rings. The highest BCUT2D eigenvalue weighted by Crippen LogP contribution is 2.23. The van der Waals surface area contributed by atoms with Crippen molar-refractivity contribution >= 4 is 17.6 Å². The Morgan fingerprint density at radius 3 is 2.13 bits per heavy atom. The number of carboxylic acid groups (broad SMARTS) is 1. The second-order valence-electron chi connectivity index (χ2n) is 4.72. The van der Waals surface area contributed by atoms with Gasteiger partial charge in [0.05, 0.1) is 10.6 Å². The van der Waals surface area contributed by atoms with Gasteiger partial charge < -0.3 is 5.11 Å². The lowest BCUT2D eigenvalue weighted by Gasteiger charge is -2.00. The summed E-state index contributed by atoms with van der Waals surface area (Å²) in [5.41, 5.74) is 2.28. The predicted molar refractivity (Wildman–Crippen MR) is 90.6 cm³/mol. The van der Waals surface area contributed by atoms with Crippen LogP contribution in [-0.2, 0) is 0 Å². The van der Waals surface area contributed by atoms with Crippen molar-refractivity contribution in [3.8, 4) is 11.4 Å². The first-order chi connectivity index (χ1) is 11.1. The number of aromatic carboxylic acids is 1. The van der Waals surface area contributed by atoms with Crippen LogP contribution in [0.25, 0.3) is 11.4 Å². The Balaban J connectivity index is 0.000000174. The zero-order valence-electron chi connectivity index (χ0n) is 12.5. The molecule has 0 fully saturated rings. The fraction of sp³-hybridized carbons (Fsp3) is 0.0556. The number of aromatic nitrogens is 2. The third kappa shape index (κ3) is 4.90. The normalized spacial score (nSPS) is 9.65. The number of aryl methyl sites for hydroxylation is 1. The summed E-state index contributed by atoms with van der Waals surface area (Å²) in [5, 5.41) is 9.15. The lowest BCUT2D eigenvalue weighted by molar-refractivity contribution is 0.0697. The van der Waals surface area contributed by atoms with Gasteiger partial charge in [-0.3, -0.25) is 0 Å². The van der Waals surface area contributed by atoms with Gasteiger partial charge in [0.1, 0.15) is 0 Å². The van der Waals surface area contributed by atoms with Crippen molar-refractivity contribution in [1.29, 1.82) is 0 Å². The molecule has 0 radical (unpaired) electrons. The van der Waals surface area contributed by atoms with Gasteiger partial charge in [-0.25, -0.2) is 14.8 Å². The summed E-state index contributed by atoms with van der Waals surface area (Å²) < 4.78 is 0. The van der Waals surface area contributed by atoms with Gasteiger partial charge in [0.2, 0.25) is 0 Å². The summed E-state index contributed by atoms with van der Waals surface area (Å²) in [7, 11) is 0. The molecular formula is C18H15ClN2O2. The van der Waals surface area contributed by atoms with Crippen molar-refractivity contribution in [2.24, 2.45) is 0 Å². The molecule has 3 rings (SSSR count). The highest BCUT2D eigenvalue weighted by atomic mass is 35.5. The van der Waals surface area contributed by atoms with Crippen LogP contribution < -0.4 is 0 Å². The molecule has 0 atom stereocenters. The van der Waals surface area contributed by atoms with Crippen molar-refractivity contribution in [2.45, 2.75) is 6.92 Å². The molecule has 0 amide bonds. The van der Waals surface area contributed by atoms with E-state index in [0.717, 1.165) is 11.1 Å². The number of hydrogen-bond donors (Lipinski definition) is 1. The van der Waals surface area contributed by atoms with E-state index in [0.29, 0.717) is 16.4 Å². The maximum atomic E-state index is 10.3. The van der Waals surface area contributed by atoms with E-state index in [4.69, 9.17) is 16.7 Å². The maximum absolute atomic E-state index is 10.3. The maximum Gasteiger partial charge on any atom is 0.335 e. The topological polar surface area (TPSA) is 63.1 Å². The number of halogens is 1. The number of carbonyl (C=O) groups is 1. The average Bonchev–Trinajstić information content (AvgIpc) is 2.57. The number of hydrogen-bond acceptors (Lipinski definition) is 3. The predicted octanol–water partition coefficient (Wildman–Crippen LogP) is 4.49. The Morgan fingerprint density at radius 1 is 0.957 bits per heavy atom. The molecule has 4 nitrogen and oxygen atoms in total. The summed E-state index contributed by atoms with van der Waals surface area (Å²) in [6, 6.07) is 16.1. The van der Waals surface area contributed by atoms with Crippen molar-refractivity contribution in [1.82, 2.24) is 9.97 Å². The minimum atomic E-state index is -0.875. The first-order valence-corrected chi connectivity index (χ1v) is 7.27. The summed E-state index contributed by atoms with van der Waals surface area (Å²) in [6.45, 7) is 1.92. The van der Waals surface area contributed by atoms with Gasteiger partial charge >= 0.3 is 5.97 Å². The first kappa shape index (κ1) is 16.6. The van der Waals surface area contributed by atoms with Crippen LogP contribution in [0, 0.1) is 6.92 Å². The van der Waals surface area contributed by atoms with Gasteiger partial charge in [0.15, 0.2) is 5.82 Å². The van der Waals surface area contributed by atoms with E-state index in [2.05, 4.69) is 9.97 Å². The molecule has 1 aromatic heterocycles. The van der Waals surface area contributed by atoms with Gasteiger partial charge in [-0.15, -0.1) is 0 Å². The van der Waals surface area contributed by atoms with Crippen molar-refractivity contribution < 1.29 is 9.90 Å². The second-order valence-corrected chi connectivity index (χ2v) is 5.13. The Bertz CT molecular complexity index is 775. The van der Waals surface area contributed by atoms with Crippen LogP contribution in [0.2, 0.25) is 5.02 Å². The van der Waals surface area contributed by atoms with E-state index in [1.807, 2.05) is 31.2 Å². The average molecular weight is 327 g/mol. The standard InChI is InChI=1S/C10H7ClN2.C8H8O2/c11-9-5-2-1-4-8(9)10-12-6-3-7-13-10;1-6-2-4-7(5-3-6)8(9)10/h1-7H;2-5H,1H3,(H,9,10). The van der Waals surface area contributed by atoms with E-state index in [1.165, 1.54) is 0 Å². The van der Waals surface area contributed by atoms with Crippen LogP contribution >= 0.6 is 11.6 Å². The van der Waals surface area contributed by atoms with Crippen LogP contribution in [0.15, 0.2) is 67.0 Å². The molecule has 23 heavy (non-hydrogen) atoms. The molecule has 0 saturated carbocycles. The van der Waals surface area contributed by atoms with Crippen LogP contribution in [0.5, 0.6) is 0 Å². The monoisotopic (exact) mass is 326 g/mol. The molecular weight excluding hydrogens is 312 g/mol. The van der Waals surface area contributed by atoms with E-state index < -0.39 is 5.97 Å². The van der Waals surface area contributed by atoms with Crippen LogP contribution in [0.1, 0.15) is 15.9 Å². The number of carboxylic acids is 1. The molecule has 3 aromatic rings. The lowest BCUT2D eigenvalue weighted by Crippen LogP contribution is -1.94. The summed E-state index contributed by atoms with van der Waals surface area (Å²) in [4.78, 5) is 18.5. The highest BCUT2D eigenvalue weighted by Gasteiger charge is 2.03. The quantitative estimate of drug-likeness (QED) is 0.753. The van der Waals surface area contributed by atoms with Gasteiger partial charge in [0, 0.05) is 18.0 Å². The fourth-order valence-electron chi connectivity index (χ4n) is 1.78. The molecule has 0 spiro atoms. The summed E-state index contributed by atoms with van der Waals surface area (Å²) in [5.74, 6) is -0.215. The first-order valence-electron chi connectivity index (χ1n) is 6.90. The Hall–Kier alpha value is -2.72. The fourth-order valence-corrected chi connectivity index (χ4v) is 2.00. The largest absolute Gasteiger partial charge is 0.478 e. The summed E-state index contributed by atoms with van der Waals surface area (Å²) >= 11 is 5.98. The van der Waals surface area contributed by atoms with Crippen LogP contribution in [0.3, 0.4) is 0 Å². The molecule has 5 heteroatoms. The SMILES string of the molecule is Cc1ccc(C(=O)O)cc1.Clc1ccccc1-c1ncccn1. The number of nitrogens with zero attached hydrogens (tertiary/aromatic N) is 2. The van der Waals surface area contributed by atoms with Crippen molar-refractivity contribution in [3.63, 3.8) is 0 Å². The molecule has 0 saturated heterocycles. The van der Waals surface area contributed by atoms with E-state index in [1.54, 1.807) is 42.7 Å². The molecule has 1 heterocycles. The molecule has 116 valence electrons. The van der Waals surface area contributed by atoms with E-state index in [-0.39, 0.29) is 0 Å². The summed E-state index contributed by atoms with van der Waals surface area (Å²) in [6.07, 6.45) is 3.40. The van der Waals surface area contributed by atoms with Gasteiger partial charge in [0.25, 0.3) is 0 Å². The zero-order chi connectivity index (χ0) is 16.7. The molecule has 1 N–H and O–H groups in total. The second kappa shape index (κ2) is 8.06.